The Kier molecular flexibility index (Phi) is 6.05. The first kappa shape index (κ1) is 19.8. The SMILES string of the molecule is CC(=O)CCN1CCC(Cc2nc3ccccc3n2Cc2ccc(F)cc2)CC1. The number of aromatic nitrogens is 2. The smallest absolute Gasteiger partial charge is 0.131 e. The summed E-state index contributed by atoms with van der Waals surface area (Å²) in [4.78, 5) is 18.6. The predicted molar refractivity (Wildman–Crippen MR) is 113 cm³/mol. The molecule has 4 nitrogen and oxygen atoms in total. The first-order valence-corrected chi connectivity index (χ1v) is 10.5. The van der Waals surface area contributed by atoms with Gasteiger partial charge in [-0.2, -0.15) is 0 Å². The van der Waals surface area contributed by atoms with Crippen molar-refractivity contribution < 1.29 is 9.18 Å². The number of hydrogen-bond acceptors (Lipinski definition) is 3. The van der Waals surface area contributed by atoms with Crippen LogP contribution in [0.2, 0.25) is 0 Å². The molecule has 5 heteroatoms. The Labute approximate surface area is 171 Å². The van der Waals surface area contributed by atoms with E-state index in [1.807, 2.05) is 24.3 Å². The molecule has 1 aromatic heterocycles. The van der Waals surface area contributed by atoms with Crippen LogP contribution < -0.4 is 0 Å². The summed E-state index contributed by atoms with van der Waals surface area (Å²) in [6.45, 7) is 5.35. The summed E-state index contributed by atoms with van der Waals surface area (Å²) in [6.07, 6.45) is 3.88. The van der Waals surface area contributed by atoms with E-state index >= 15 is 0 Å². The summed E-state index contributed by atoms with van der Waals surface area (Å²) in [6, 6.07) is 15.0. The van der Waals surface area contributed by atoms with Gasteiger partial charge in [-0.3, -0.25) is 4.79 Å². The molecule has 1 aliphatic heterocycles. The van der Waals surface area contributed by atoms with E-state index in [9.17, 15) is 9.18 Å². The fourth-order valence-electron chi connectivity index (χ4n) is 4.22. The molecule has 0 bridgehead atoms. The standard InChI is InChI=1S/C24H28FN3O/c1-18(29)10-13-27-14-11-19(12-15-27)16-24-26-22-4-2-3-5-23(22)28(24)17-20-6-8-21(25)9-7-20/h2-9,19H,10-17H2,1H3. The Morgan fingerprint density at radius 3 is 2.55 bits per heavy atom. The average molecular weight is 394 g/mol. The number of para-hydroxylation sites is 2. The van der Waals surface area contributed by atoms with Crippen LogP contribution in [0.4, 0.5) is 4.39 Å². The second-order valence-corrected chi connectivity index (χ2v) is 8.17. The molecule has 0 amide bonds. The maximum Gasteiger partial charge on any atom is 0.131 e. The molecule has 0 radical (unpaired) electrons. The predicted octanol–water partition coefficient (Wildman–Crippen LogP) is 4.46. The van der Waals surface area contributed by atoms with E-state index in [2.05, 4.69) is 21.6 Å². The van der Waals surface area contributed by atoms with Crippen LogP contribution in [0.3, 0.4) is 0 Å². The molecule has 1 fully saturated rings. The number of nitrogens with zero attached hydrogens (tertiary/aromatic N) is 3. The van der Waals surface area contributed by atoms with Gasteiger partial charge in [0.15, 0.2) is 0 Å². The van der Waals surface area contributed by atoms with E-state index < -0.39 is 0 Å². The third-order valence-corrected chi connectivity index (χ3v) is 5.95. The molecular formula is C24H28FN3O. The van der Waals surface area contributed by atoms with Gasteiger partial charge in [0.25, 0.3) is 0 Å². The van der Waals surface area contributed by atoms with Gasteiger partial charge in [0.05, 0.1) is 11.0 Å². The van der Waals surface area contributed by atoms with Crippen molar-refractivity contribution in [1.82, 2.24) is 14.5 Å². The van der Waals surface area contributed by atoms with Crippen LogP contribution >= 0.6 is 0 Å². The van der Waals surface area contributed by atoms with Gasteiger partial charge in [0.1, 0.15) is 17.4 Å². The second-order valence-electron chi connectivity index (χ2n) is 8.17. The van der Waals surface area contributed by atoms with Gasteiger partial charge in [-0.15, -0.1) is 0 Å². The van der Waals surface area contributed by atoms with Gasteiger partial charge >= 0.3 is 0 Å². The Bertz CT molecular complexity index is 971. The maximum absolute atomic E-state index is 13.3. The number of halogens is 1. The monoisotopic (exact) mass is 393 g/mol. The third kappa shape index (κ3) is 4.91. The minimum Gasteiger partial charge on any atom is -0.323 e. The number of Topliss-reactive ketones (excluding diaryl/α,β-unsaturated/α-hetero) is 1. The number of piperidine rings is 1. The van der Waals surface area contributed by atoms with Gasteiger partial charge in [0, 0.05) is 25.9 Å². The number of rotatable bonds is 7. The summed E-state index contributed by atoms with van der Waals surface area (Å²) in [7, 11) is 0. The van der Waals surface area contributed by atoms with Crippen LogP contribution in [0.25, 0.3) is 11.0 Å². The molecule has 0 aliphatic carbocycles. The number of fused-ring (bicyclic) bond motifs is 1. The molecule has 0 N–H and O–H groups in total. The van der Waals surface area contributed by atoms with Crippen molar-refractivity contribution in [2.24, 2.45) is 5.92 Å². The van der Waals surface area contributed by atoms with Crippen LogP contribution in [0, 0.1) is 11.7 Å². The summed E-state index contributed by atoms with van der Waals surface area (Å²) < 4.78 is 15.6. The normalized spacial score (nSPS) is 15.8. The van der Waals surface area contributed by atoms with E-state index in [-0.39, 0.29) is 11.6 Å². The lowest BCUT2D eigenvalue weighted by Crippen LogP contribution is -2.35. The van der Waals surface area contributed by atoms with Crippen molar-refractivity contribution in [2.75, 3.05) is 19.6 Å². The van der Waals surface area contributed by atoms with Crippen LogP contribution in [-0.4, -0.2) is 39.9 Å². The van der Waals surface area contributed by atoms with Gasteiger partial charge in [-0.25, -0.2) is 9.37 Å². The van der Waals surface area contributed by atoms with Crippen LogP contribution in [0.1, 0.15) is 37.6 Å². The molecule has 1 saturated heterocycles. The topological polar surface area (TPSA) is 38.1 Å². The number of carbonyl (C=O) groups is 1. The molecule has 4 rings (SSSR count). The first-order valence-electron chi connectivity index (χ1n) is 10.5. The molecule has 0 atom stereocenters. The number of benzene rings is 2. The van der Waals surface area contributed by atoms with E-state index in [1.165, 1.54) is 12.1 Å². The Hall–Kier alpha value is -2.53. The zero-order chi connectivity index (χ0) is 20.2. The van der Waals surface area contributed by atoms with Gasteiger partial charge in [-0.1, -0.05) is 24.3 Å². The number of imidazole rings is 1. The largest absolute Gasteiger partial charge is 0.323 e. The van der Waals surface area contributed by atoms with Crippen molar-refractivity contribution in [3.63, 3.8) is 0 Å². The zero-order valence-corrected chi connectivity index (χ0v) is 17.0. The molecule has 29 heavy (non-hydrogen) atoms. The van der Waals surface area contributed by atoms with Crippen molar-refractivity contribution in [2.45, 2.75) is 39.2 Å². The summed E-state index contributed by atoms with van der Waals surface area (Å²) in [5.74, 6) is 1.77. The number of hydrogen-bond donors (Lipinski definition) is 0. The molecule has 2 aromatic carbocycles. The number of ketones is 1. The molecule has 0 unspecified atom stereocenters. The molecule has 2 heterocycles. The van der Waals surface area contributed by atoms with Crippen molar-refractivity contribution >= 4 is 16.8 Å². The second kappa shape index (κ2) is 8.87. The highest BCUT2D eigenvalue weighted by molar-refractivity contribution is 5.76. The third-order valence-electron chi connectivity index (χ3n) is 5.95. The summed E-state index contributed by atoms with van der Waals surface area (Å²) in [5, 5.41) is 0. The highest BCUT2D eigenvalue weighted by Gasteiger charge is 2.22. The zero-order valence-electron chi connectivity index (χ0n) is 17.0. The lowest BCUT2D eigenvalue weighted by atomic mass is 9.93. The van der Waals surface area contributed by atoms with Gasteiger partial charge in [0.2, 0.25) is 0 Å². The highest BCUT2D eigenvalue weighted by Crippen LogP contribution is 2.25. The van der Waals surface area contributed by atoms with Crippen molar-refractivity contribution in [3.8, 4) is 0 Å². The van der Waals surface area contributed by atoms with E-state index in [0.29, 0.717) is 18.9 Å². The van der Waals surface area contributed by atoms with Crippen molar-refractivity contribution in [3.05, 3.63) is 65.7 Å². The van der Waals surface area contributed by atoms with Gasteiger partial charge in [-0.05, 0) is 68.6 Å². The molecule has 0 saturated carbocycles. The number of carbonyl (C=O) groups excluding carboxylic acids is 1. The van der Waals surface area contributed by atoms with Crippen LogP contribution in [-0.2, 0) is 17.8 Å². The van der Waals surface area contributed by atoms with Crippen LogP contribution in [0.15, 0.2) is 48.5 Å². The molecule has 3 aromatic rings. The average Bonchev–Trinajstić information content (AvgIpc) is 3.06. The summed E-state index contributed by atoms with van der Waals surface area (Å²) in [5.41, 5.74) is 3.23. The fourth-order valence-corrected chi connectivity index (χ4v) is 4.22. The Morgan fingerprint density at radius 2 is 1.83 bits per heavy atom. The minimum atomic E-state index is -0.207. The molecular weight excluding hydrogens is 365 g/mol. The number of likely N-dealkylation sites (tertiary alicyclic amines) is 1. The minimum absolute atomic E-state index is 0.207. The van der Waals surface area contributed by atoms with Gasteiger partial charge < -0.3 is 9.47 Å². The molecule has 1 aliphatic rings. The van der Waals surface area contributed by atoms with E-state index in [0.717, 1.165) is 61.3 Å². The van der Waals surface area contributed by atoms with E-state index in [1.54, 1.807) is 6.92 Å². The quantitative estimate of drug-likeness (QED) is 0.595. The molecule has 152 valence electrons. The van der Waals surface area contributed by atoms with E-state index in [4.69, 9.17) is 4.98 Å². The lowest BCUT2D eigenvalue weighted by Gasteiger charge is -2.31. The maximum atomic E-state index is 13.3. The lowest BCUT2D eigenvalue weighted by molar-refractivity contribution is -0.117. The highest BCUT2D eigenvalue weighted by atomic mass is 19.1. The fraction of sp³-hybridized carbons (Fsp3) is 0.417. The molecule has 0 spiro atoms. The Morgan fingerprint density at radius 1 is 1.10 bits per heavy atom. The first-order chi connectivity index (χ1) is 14.1. The Balaban J connectivity index is 1.49. The van der Waals surface area contributed by atoms with Crippen LogP contribution in [0.5, 0.6) is 0 Å². The van der Waals surface area contributed by atoms with Crippen molar-refractivity contribution in [1.29, 1.82) is 0 Å². The summed E-state index contributed by atoms with van der Waals surface area (Å²) >= 11 is 0.